The summed E-state index contributed by atoms with van der Waals surface area (Å²) >= 11 is 0. The molecule has 5 atom stereocenters. The van der Waals surface area contributed by atoms with Gasteiger partial charge in [0.25, 0.3) is 0 Å². The van der Waals surface area contributed by atoms with E-state index in [9.17, 15) is 14.7 Å². The second-order valence-corrected chi connectivity index (χ2v) is 9.90. The molecule has 2 aliphatic heterocycles. The van der Waals surface area contributed by atoms with Gasteiger partial charge in [-0.3, -0.25) is 4.90 Å². The number of aliphatic hydroxyl groups is 1. The van der Waals surface area contributed by atoms with Crippen LogP contribution in [0.25, 0.3) is 6.08 Å². The number of hydrogen-bond acceptors (Lipinski definition) is 12. The van der Waals surface area contributed by atoms with Gasteiger partial charge < -0.3 is 43.0 Å². The standard InChI is InChI=1S/C30H37NO11/c1-31-19-14-18(41-30(34)17-12-23(37-4)29(40-7)24(13-17)38-5)15-20(31)27(26(19)33)42-25(32)9-8-16-10-21(35-2)28(39-6)22(11-16)36-3/h8-13,18-20,26-27,33H,14-15H2,1-7H3/b9-8+/t18-,19-,20+,26+,27-/m0/s1. The number of nitrogens with zero attached hydrogens (tertiary/aromatic N) is 1. The monoisotopic (exact) mass is 587 g/mol. The van der Waals surface area contributed by atoms with Gasteiger partial charge in [0, 0.05) is 25.0 Å². The van der Waals surface area contributed by atoms with E-state index in [0.717, 1.165) is 0 Å². The fourth-order valence-corrected chi connectivity index (χ4v) is 5.60. The van der Waals surface area contributed by atoms with Crippen molar-refractivity contribution in [2.75, 3.05) is 49.7 Å². The van der Waals surface area contributed by atoms with Crippen molar-refractivity contribution < 1.29 is 52.6 Å². The summed E-state index contributed by atoms with van der Waals surface area (Å²) in [6.45, 7) is 0. The lowest BCUT2D eigenvalue weighted by Gasteiger charge is -2.36. The molecule has 2 bridgehead atoms. The van der Waals surface area contributed by atoms with E-state index in [1.807, 2.05) is 11.9 Å². The van der Waals surface area contributed by atoms with Gasteiger partial charge in [-0.2, -0.15) is 0 Å². The van der Waals surface area contributed by atoms with Gasteiger partial charge in [-0.15, -0.1) is 0 Å². The highest BCUT2D eigenvalue weighted by molar-refractivity contribution is 5.91. The maximum atomic E-state index is 13.1. The maximum Gasteiger partial charge on any atom is 0.338 e. The van der Waals surface area contributed by atoms with Crippen LogP contribution < -0.4 is 28.4 Å². The van der Waals surface area contributed by atoms with E-state index in [2.05, 4.69) is 0 Å². The van der Waals surface area contributed by atoms with Crippen LogP contribution in [0.1, 0.15) is 28.8 Å². The minimum Gasteiger partial charge on any atom is -0.493 e. The lowest BCUT2D eigenvalue weighted by atomic mass is 10.00. The molecular weight excluding hydrogens is 550 g/mol. The molecule has 4 rings (SSSR count). The summed E-state index contributed by atoms with van der Waals surface area (Å²) in [7, 11) is 10.8. The number of hydrogen-bond donors (Lipinski definition) is 1. The summed E-state index contributed by atoms with van der Waals surface area (Å²) in [6, 6.07) is 5.72. The van der Waals surface area contributed by atoms with Crippen LogP contribution in [0, 0.1) is 0 Å². The third-order valence-electron chi connectivity index (χ3n) is 7.69. The molecule has 1 N–H and O–H groups in total. The molecule has 42 heavy (non-hydrogen) atoms. The van der Waals surface area contributed by atoms with Crippen molar-refractivity contribution in [3.05, 3.63) is 41.5 Å². The van der Waals surface area contributed by atoms with E-state index in [4.69, 9.17) is 37.9 Å². The first-order valence-corrected chi connectivity index (χ1v) is 13.3. The molecule has 2 fully saturated rings. The molecule has 0 amide bonds. The zero-order valence-electron chi connectivity index (χ0n) is 24.7. The molecule has 12 heteroatoms. The third-order valence-corrected chi connectivity index (χ3v) is 7.69. The van der Waals surface area contributed by atoms with Gasteiger partial charge >= 0.3 is 11.9 Å². The predicted octanol–water partition coefficient (Wildman–Crippen LogP) is 2.73. The molecule has 0 radical (unpaired) electrons. The van der Waals surface area contributed by atoms with E-state index >= 15 is 0 Å². The molecule has 12 nitrogen and oxygen atoms in total. The van der Waals surface area contributed by atoms with E-state index in [1.165, 1.54) is 60.9 Å². The summed E-state index contributed by atoms with van der Waals surface area (Å²) in [5.41, 5.74) is 0.860. The van der Waals surface area contributed by atoms with Gasteiger partial charge in [0.1, 0.15) is 18.3 Å². The Labute approximate surface area is 244 Å². The van der Waals surface area contributed by atoms with Gasteiger partial charge in [-0.1, -0.05) is 0 Å². The molecule has 0 aliphatic carbocycles. The van der Waals surface area contributed by atoms with Crippen molar-refractivity contribution in [3.63, 3.8) is 0 Å². The van der Waals surface area contributed by atoms with E-state index in [1.54, 1.807) is 18.2 Å². The highest BCUT2D eigenvalue weighted by Crippen LogP contribution is 2.41. The quantitative estimate of drug-likeness (QED) is 0.306. The molecule has 0 spiro atoms. The highest BCUT2D eigenvalue weighted by Gasteiger charge is 2.53. The second kappa shape index (κ2) is 13.2. The molecule has 2 aromatic carbocycles. The van der Waals surface area contributed by atoms with Crippen LogP contribution in [0.2, 0.25) is 0 Å². The first-order valence-electron chi connectivity index (χ1n) is 13.3. The summed E-state index contributed by atoms with van der Waals surface area (Å²) in [5, 5.41) is 11.0. The topological polar surface area (TPSA) is 131 Å². The lowest BCUT2D eigenvalue weighted by molar-refractivity contribution is -0.148. The Kier molecular flexibility index (Phi) is 9.69. The summed E-state index contributed by atoms with van der Waals surface area (Å²) in [4.78, 5) is 27.9. The summed E-state index contributed by atoms with van der Waals surface area (Å²) in [5.74, 6) is 1.14. The van der Waals surface area contributed by atoms with Crippen molar-refractivity contribution in [3.8, 4) is 34.5 Å². The average Bonchev–Trinajstić information content (AvgIpc) is 3.12. The Balaban J connectivity index is 1.44. The van der Waals surface area contributed by atoms with Crippen molar-refractivity contribution >= 4 is 18.0 Å². The van der Waals surface area contributed by atoms with Crippen LogP contribution in [-0.4, -0.2) is 102 Å². The zero-order chi connectivity index (χ0) is 30.6. The molecule has 0 saturated carbocycles. The second-order valence-electron chi connectivity index (χ2n) is 9.90. The van der Waals surface area contributed by atoms with Crippen LogP contribution in [0.4, 0.5) is 0 Å². The van der Waals surface area contributed by atoms with Crippen LogP contribution in [0.3, 0.4) is 0 Å². The Hall–Kier alpha value is -4.16. The number of piperidine rings is 1. The first-order chi connectivity index (χ1) is 20.2. The molecule has 2 aromatic rings. The fourth-order valence-electron chi connectivity index (χ4n) is 5.60. The first kappa shape index (κ1) is 30.8. The third kappa shape index (κ3) is 6.04. The Morgan fingerprint density at radius 3 is 1.76 bits per heavy atom. The molecule has 228 valence electrons. The number of carbonyl (C=O) groups excluding carboxylic acids is 2. The molecule has 2 heterocycles. The number of rotatable bonds is 11. The Morgan fingerprint density at radius 2 is 1.26 bits per heavy atom. The summed E-state index contributed by atoms with van der Waals surface area (Å²) in [6.07, 6.45) is 1.32. The van der Waals surface area contributed by atoms with Crippen molar-refractivity contribution in [1.82, 2.24) is 4.90 Å². The maximum absolute atomic E-state index is 13.1. The number of methoxy groups -OCH3 is 6. The van der Waals surface area contributed by atoms with Gasteiger partial charge in [-0.25, -0.2) is 9.59 Å². The van der Waals surface area contributed by atoms with Gasteiger partial charge in [0.2, 0.25) is 11.5 Å². The van der Waals surface area contributed by atoms with Gasteiger partial charge in [0.15, 0.2) is 23.0 Å². The van der Waals surface area contributed by atoms with Crippen molar-refractivity contribution in [1.29, 1.82) is 0 Å². The van der Waals surface area contributed by atoms with E-state index < -0.39 is 30.3 Å². The number of carbonyl (C=O) groups is 2. The number of ether oxygens (including phenoxy) is 8. The Morgan fingerprint density at radius 1 is 0.762 bits per heavy atom. The number of likely N-dealkylation sites (N-methyl/N-ethyl adjacent to an activating group) is 1. The number of benzene rings is 2. The molecule has 2 aliphatic rings. The zero-order valence-corrected chi connectivity index (χ0v) is 24.7. The highest BCUT2D eigenvalue weighted by atomic mass is 16.6. The molecule has 0 unspecified atom stereocenters. The fraction of sp³-hybridized carbons (Fsp3) is 0.467. The van der Waals surface area contributed by atoms with Crippen LogP contribution >= 0.6 is 0 Å². The molecule has 0 aromatic heterocycles. The van der Waals surface area contributed by atoms with Crippen molar-refractivity contribution in [2.24, 2.45) is 0 Å². The van der Waals surface area contributed by atoms with Gasteiger partial charge in [0.05, 0.1) is 54.3 Å². The largest absolute Gasteiger partial charge is 0.493 e. The molecular formula is C30H37NO11. The smallest absolute Gasteiger partial charge is 0.338 e. The number of aliphatic hydroxyl groups excluding tert-OH is 1. The van der Waals surface area contributed by atoms with E-state index in [0.29, 0.717) is 52.9 Å². The Bertz CT molecular complexity index is 1280. The summed E-state index contributed by atoms with van der Waals surface area (Å²) < 4.78 is 43.6. The van der Waals surface area contributed by atoms with E-state index in [-0.39, 0.29) is 17.6 Å². The SMILES string of the molecule is COc1cc(/C=C/C(=O)O[C@@H]2[C@H](O)[C@@H]3C[C@H](OC(=O)c4cc(OC)c(OC)c(OC)c4)C[C@H]2N3C)cc(OC)c1OC. The molecule has 2 saturated heterocycles. The average molecular weight is 588 g/mol. The minimum atomic E-state index is -0.955. The number of esters is 2. The predicted molar refractivity (Wildman–Crippen MR) is 151 cm³/mol. The van der Waals surface area contributed by atoms with Gasteiger partial charge in [-0.05, 0) is 43.0 Å². The van der Waals surface area contributed by atoms with Crippen LogP contribution in [-0.2, 0) is 14.3 Å². The van der Waals surface area contributed by atoms with Crippen molar-refractivity contribution in [2.45, 2.75) is 43.2 Å². The number of fused-ring (bicyclic) bond motifs is 2. The van der Waals surface area contributed by atoms with Crippen LogP contribution in [0.15, 0.2) is 30.3 Å². The normalized spacial score (nSPS) is 23.3. The van der Waals surface area contributed by atoms with Crippen LogP contribution in [0.5, 0.6) is 34.5 Å². The minimum absolute atomic E-state index is 0.233. The lowest BCUT2D eigenvalue weighted by Crippen LogP contribution is -2.46.